The molecular weight excluding hydrogens is 440 g/mol. The summed E-state index contributed by atoms with van der Waals surface area (Å²) in [6, 6.07) is 23.2. The molecular formula is C28H28N4O3. The summed E-state index contributed by atoms with van der Waals surface area (Å²) in [5.41, 5.74) is 2.50. The van der Waals surface area contributed by atoms with E-state index in [9.17, 15) is 4.79 Å². The SMILES string of the molecule is COc1ccc(NC(=O)c2ccc3ccnc(N4CCN(c5ccc(OC)cc5)CC4)c3c2)cc1. The molecule has 1 saturated heterocycles. The number of nitrogens with zero attached hydrogens (tertiary/aromatic N) is 3. The van der Waals surface area contributed by atoms with Gasteiger partial charge in [0.15, 0.2) is 0 Å². The zero-order chi connectivity index (χ0) is 24.2. The molecule has 0 atom stereocenters. The van der Waals surface area contributed by atoms with E-state index in [1.807, 2.05) is 66.9 Å². The van der Waals surface area contributed by atoms with E-state index in [-0.39, 0.29) is 5.91 Å². The Morgan fingerprint density at radius 2 is 1.43 bits per heavy atom. The molecule has 0 spiro atoms. The fraction of sp³-hybridized carbons (Fsp3) is 0.214. The first kappa shape index (κ1) is 22.5. The lowest BCUT2D eigenvalue weighted by Crippen LogP contribution is -2.46. The predicted octanol–water partition coefficient (Wildman–Crippen LogP) is 4.83. The normalized spacial score (nSPS) is 13.5. The van der Waals surface area contributed by atoms with Gasteiger partial charge in [0.1, 0.15) is 17.3 Å². The van der Waals surface area contributed by atoms with Crippen LogP contribution in [-0.2, 0) is 0 Å². The first-order valence-electron chi connectivity index (χ1n) is 11.6. The molecule has 1 amide bonds. The molecule has 7 nitrogen and oxygen atoms in total. The van der Waals surface area contributed by atoms with Crippen LogP contribution in [0.5, 0.6) is 11.5 Å². The van der Waals surface area contributed by atoms with Crippen molar-refractivity contribution in [3.63, 3.8) is 0 Å². The van der Waals surface area contributed by atoms with Gasteiger partial charge in [-0.3, -0.25) is 4.79 Å². The number of carbonyl (C=O) groups excluding carboxylic acids is 1. The molecule has 1 fully saturated rings. The summed E-state index contributed by atoms with van der Waals surface area (Å²) < 4.78 is 10.5. The van der Waals surface area contributed by atoms with Crippen molar-refractivity contribution >= 4 is 33.9 Å². The van der Waals surface area contributed by atoms with Gasteiger partial charge in [0.25, 0.3) is 5.91 Å². The number of carbonyl (C=O) groups is 1. The molecule has 5 rings (SSSR count). The summed E-state index contributed by atoms with van der Waals surface area (Å²) in [6.07, 6.45) is 1.84. The molecule has 0 saturated carbocycles. The van der Waals surface area contributed by atoms with Gasteiger partial charge >= 0.3 is 0 Å². The van der Waals surface area contributed by atoms with Crippen LogP contribution in [-0.4, -0.2) is 51.3 Å². The van der Waals surface area contributed by atoms with Gasteiger partial charge in [-0.05, 0) is 72.1 Å². The van der Waals surface area contributed by atoms with Crippen LogP contribution in [0, 0.1) is 0 Å². The van der Waals surface area contributed by atoms with Crippen LogP contribution in [0.25, 0.3) is 10.8 Å². The van der Waals surface area contributed by atoms with E-state index in [1.165, 1.54) is 5.69 Å². The Kier molecular flexibility index (Phi) is 6.39. The minimum Gasteiger partial charge on any atom is -0.497 e. The number of benzene rings is 3. The fourth-order valence-corrected chi connectivity index (χ4v) is 4.39. The smallest absolute Gasteiger partial charge is 0.255 e. The van der Waals surface area contributed by atoms with Crippen molar-refractivity contribution in [1.82, 2.24) is 4.98 Å². The predicted molar refractivity (Wildman–Crippen MR) is 140 cm³/mol. The zero-order valence-corrected chi connectivity index (χ0v) is 19.9. The van der Waals surface area contributed by atoms with E-state index in [0.29, 0.717) is 5.56 Å². The number of amides is 1. The molecule has 178 valence electrons. The fourth-order valence-electron chi connectivity index (χ4n) is 4.39. The van der Waals surface area contributed by atoms with E-state index in [0.717, 1.165) is 60.0 Å². The third-order valence-corrected chi connectivity index (χ3v) is 6.37. The number of hydrogen-bond donors (Lipinski definition) is 1. The zero-order valence-electron chi connectivity index (χ0n) is 19.9. The van der Waals surface area contributed by atoms with E-state index < -0.39 is 0 Å². The molecule has 3 aromatic carbocycles. The van der Waals surface area contributed by atoms with Gasteiger partial charge in [0, 0.05) is 54.7 Å². The van der Waals surface area contributed by atoms with Gasteiger partial charge in [0.05, 0.1) is 14.2 Å². The number of fused-ring (bicyclic) bond motifs is 1. The Bertz CT molecular complexity index is 1310. The summed E-state index contributed by atoms with van der Waals surface area (Å²) in [7, 11) is 3.30. The number of hydrogen-bond acceptors (Lipinski definition) is 6. The second kappa shape index (κ2) is 9.93. The van der Waals surface area contributed by atoms with Crippen LogP contribution in [0.4, 0.5) is 17.2 Å². The van der Waals surface area contributed by atoms with E-state index in [4.69, 9.17) is 14.5 Å². The van der Waals surface area contributed by atoms with Gasteiger partial charge in [-0.1, -0.05) is 6.07 Å². The van der Waals surface area contributed by atoms with Gasteiger partial charge in [0.2, 0.25) is 0 Å². The number of methoxy groups -OCH3 is 2. The average Bonchev–Trinajstić information content (AvgIpc) is 2.93. The van der Waals surface area contributed by atoms with Crippen LogP contribution in [0.2, 0.25) is 0 Å². The Morgan fingerprint density at radius 3 is 2.09 bits per heavy atom. The lowest BCUT2D eigenvalue weighted by atomic mass is 10.1. The van der Waals surface area contributed by atoms with Gasteiger partial charge in [-0.2, -0.15) is 0 Å². The molecule has 2 heterocycles. The van der Waals surface area contributed by atoms with E-state index >= 15 is 0 Å². The number of nitrogens with one attached hydrogen (secondary N) is 1. The maximum Gasteiger partial charge on any atom is 0.255 e. The van der Waals surface area contributed by atoms with Crippen molar-refractivity contribution in [3.05, 3.63) is 84.6 Å². The number of anilines is 3. The van der Waals surface area contributed by atoms with Crippen LogP contribution in [0.15, 0.2) is 79.0 Å². The number of aromatic nitrogens is 1. The van der Waals surface area contributed by atoms with Crippen LogP contribution in [0.1, 0.15) is 10.4 Å². The standard InChI is InChI=1S/C28H28N4O3/c1-34-24-9-5-22(6-10-24)30-28(33)21-4-3-20-13-14-29-27(26(20)19-21)32-17-15-31(16-18-32)23-7-11-25(35-2)12-8-23/h3-14,19H,15-18H2,1-2H3,(H,30,33). The molecule has 1 N–H and O–H groups in total. The van der Waals surface area contributed by atoms with Crippen molar-refractivity contribution in [2.24, 2.45) is 0 Å². The Morgan fingerprint density at radius 1 is 0.800 bits per heavy atom. The third-order valence-electron chi connectivity index (χ3n) is 6.37. The van der Waals surface area contributed by atoms with Crippen molar-refractivity contribution in [3.8, 4) is 11.5 Å². The molecule has 0 bridgehead atoms. The lowest BCUT2D eigenvalue weighted by Gasteiger charge is -2.37. The molecule has 1 aliphatic heterocycles. The second-order valence-electron chi connectivity index (χ2n) is 8.43. The average molecular weight is 469 g/mol. The number of piperazine rings is 1. The minimum atomic E-state index is -0.156. The Labute approximate surface area is 204 Å². The summed E-state index contributed by atoms with van der Waals surface area (Å²) in [5, 5.41) is 5.00. The third kappa shape index (κ3) is 4.84. The van der Waals surface area contributed by atoms with Crippen molar-refractivity contribution in [2.75, 3.05) is 55.5 Å². The Hall–Kier alpha value is -4.26. The summed E-state index contributed by atoms with van der Waals surface area (Å²) in [6.45, 7) is 3.48. The van der Waals surface area contributed by atoms with Crippen molar-refractivity contribution in [2.45, 2.75) is 0 Å². The highest BCUT2D eigenvalue weighted by Gasteiger charge is 2.20. The maximum absolute atomic E-state index is 13.0. The topological polar surface area (TPSA) is 66.9 Å². The summed E-state index contributed by atoms with van der Waals surface area (Å²) >= 11 is 0. The molecule has 4 aromatic rings. The quantitative estimate of drug-likeness (QED) is 0.437. The highest BCUT2D eigenvalue weighted by Crippen LogP contribution is 2.28. The van der Waals surface area contributed by atoms with Gasteiger partial charge in [-0.15, -0.1) is 0 Å². The number of pyridine rings is 1. The highest BCUT2D eigenvalue weighted by molar-refractivity contribution is 6.07. The molecule has 0 radical (unpaired) electrons. The summed E-state index contributed by atoms with van der Waals surface area (Å²) in [5.74, 6) is 2.36. The van der Waals surface area contributed by atoms with E-state index in [2.05, 4.69) is 27.2 Å². The first-order chi connectivity index (χ1) is 17.1. The number of ether oxygens (including phenoxy) is 2. The largest absolute Gasteiger partial charge is 0.497 e. The molecule has 1 aromatic heterocycles. The van der Waals surface area contributed by atoms with Crippen LogP contribution >= 0.6 is 0 Å². The van der Waals surface area contributed by atoms with Crippen LogP contribution < -0.4 is 24.6 Å². The van der Waals surface area contributed by atoms with Crippen molar-refractivity contribution in [1.29, 1.82) is 0 Å². The number of rotatable bonds is 6. The molecule has 35 heavy (non-hydrogen) atoms. The second-order valence-corrected chi connectivity index (χ2v) is 8.43. The summed E-state index contributed by atoms with van der Waals surface area (Å²) in [4.78, 5) is 22.3. The monoisotopic (exact) mass is 468 g/mol. The maximum atomic E-state index is 13.0. The lowest BCUT2D eigenvalue weighted by molar-refractivity contribution is 0.102. The first-order valence-corrected chi connectivity index (χ1v) is 11.6. The molecule has 1 aliphatic rings. The minimum absolute atomic E-state index is 0.156. The molecule has 0 unspecified atom stereocenters. The van der Waals surface area contributed by atoms with E-state index in [1.54, 1.807) is 14.2 Å². The van der Waals surface area contributed by atoms with Gasteiger partial charge < -0.3 is 24.6 Å². The van der Waals surface area contributed by atoms with Crippen molar-refractivity contribution < 1.29 is 14.3 Å². The Balaban J connectivity index is 1.33. The molecule has 0 aliphatic carbocycles. The molecule has 7 heteroatoms. The van der Waals surface area contributed by atoms with Gasteiger partial charge in [-0.25, -0.2) is 4.98 Å². The highest BCUT2D eigenvalue weighted by atomic mass is 16.5. The van der Waals surface area contributed by atoms with Crippen LogP contribution in [0.3, 0.4) is 0 Å².